The molecule has 0 fully saturated rings. The van der Waals surface area contributed by atoms with Crippen molar-refractivity contribution in [2.24, 2.45) is 0 Å². The van der Waals surface area contributed by atoms with Gasteiger partial charge in [-0.2, -0.15) is 10.1 Å². The molecule has 0 spiro atoms. The zero-order valence-corrected chi connectivity index (χ0v) is 14.3. The van der Waals surface area contributed by atoms with Crippen molar-refractivity contribution in [3.05, 3.63) is 11.5 Å². The molecule has 0 saturated carbocycles. The van der Waals surface area contributed by atoms with E-state index in [1.165, 1.54) is 7.11 Å². The molecule has 8 nitrogen and oxygen atoms in total. The fourth-order valence-electron chi connectivity index (χ4n) is 1.85. The van der Waals surface area contributed by atoms with E-state index in [1.807, 2.05) is 0 Å². The van der Waals surface area contributed by atoms with Crippen molar-refractivity contribution in [2.45, 2.75) is 32.9 Å². The summed E-state index contributed by atoms with van der Waals surface area (Å²) in [6.07, 6.45) is 1.71. The second kappa shape index (κ2) is 7.10. The topological polar surface area (TPSA) is 88.4 Å². The molecule has 0 aromatic carbocycles. The number of carbonyl (C=O) groups is 1. The minimum absolute atomic E-state index is 0.0927. The molecule has 0 radical (unpaired) electrons. The Morgan fingerprint density at radius 1 is 1.35 bits per heavy atom. The average Bonchev–Trinajstić information content (AvgIpc) is 2.83. The van der Waals surface area contributed by atoms with Gasteiger partial charge in [0.05, 0.1) is 26.5 Å². The first kappa shape index (κ1) is 17.4. The Bertz CT molecular complexity index is 696. The highest BCUT2D eigenvalue weighted by atomic mass is 35.5. The van der Waals surface area contributed by atoms with Gasteiger partial charge in [0.15, 0.2) is 5.52 Å². The Balaban J connectivity index is 1.89. The molecule has 0 aliphatic carbocycles. The Kier molecular flexibility index (Phi) is 5.38. The maximum absolute atomic E-state index is 11.5. The molecular weight excluding hydrogens is 324 g/mol. The van der Waals surface area contributed by atoms with Crippen LogP contribution in [-0.4, -0.2) is 51.6 Å². The van der Waals surface area contributed by atoms with Crippen molar-refractivity contribution < 1.29 is 19.0 Å². The minimum Gasteiger partial charge on any atom is -0.479 e. The van der Waals surface area contributed by atoms with Gasteiger partial charge in [-0.1, -0.05) is 0 Å². The van der Waals surface area contributed by atoms with Crippen LogP contribution < -0.4 is 4.74 Å². The smallest absolute Gasteiger partial charge is 0.332 e. The van der Waals surface area contributed by atoms with Gasteiger partial charge in [0, 0.05) is 0 Å². The summed E-state index contributed by atoms with van der Waals surface area (Å²) >= 11 is 5.81. The number of aromatic nitrogens is 4. The summed E-state index contributed by atoms with van der Waals surface area (Å²) in [6, 6.07) is 0. The third-order valence-corrected chi connectivity index (χ3v) is 2.82. The molecule has 23 heavy (non-hydrogen) atoms. The Morgan fingerprint density at radius 3 is 2.74 bits per heavy atom. The van der Waals surface area contributed by atoms with Crippen LogP contribution in [0.4, 0.5) is 0 Å². The second-order valence-electron chi connectivity index (χ2n) is 5.77. The summed E-state index contributed by atoms with van der Waals surface area (Å²) in [5, 5.41) is 4.41. The molecule has 0 saturated heterocycles. The van der Waals surface area contributed by atoms with Crippen LogP contribution in [0.3, 0.4) is 0 Å². The molecule has 126 valence electrons. The first-order valence-electron chi connectivity index (χ1n) is 7.03. The van der Waals surface area contributed by atoms with Gasteiger partial charge in [-0.25, -0.2) is 9.78 Å². The highest BCUT2D eigenvalue weighted by Crippen LogP contribution is 2.21. The van der Waals surface area contributed by atoms with Crippen LogP contribution in [-0.2, 0) is 20.8 Å². The van der Waals surface area contributed by atoms with Crippen LogP contribution in [0.5, 0.6) is 5.88 Å². The zero-order valence-electron chi connectivity index (χ0n) is 13.5. The van der Waals surface area contributed by atoms with Crippen LogP contribution in [0.15, 0.2) is 6.20 Å². The van der Waals surface area contributed by atoms with E-state index in [0.717, 1.165) is 0 Å². The van der Waals surface area contributed by atoms with Gasteiger partial charge in [-0.15, -0.1) is 0 Å². The predicted molar refractivity (Wildman–Crippen MR) is 83.5 cm³/mol. The summed E-state index contributed by atoms with van der Waals surface area (Å²) in [7, 11) is 1.49. The van der Waals surface area contributed by atoms with Gasteiger partial charge >= 0.3 is 5.97 Å². The lowest BCUT2D eigenvalue weighted by Crippen LogP contribution is -2.27. The molecule has 2 aromatic heterocycles. The Morgan fingerprint density at radius 2 is 2.09 bits per heavy atom. The van der Waals surface area contributed by atoms with Crippen molar-refractivity contribution in [1.29, 1.82) is 0 Å². The summed E-state index contributed by atoms with van der Waals surface area (Å²) in [5.41, 5.74) is 0.576. The number of rotatable bonds is 6. The molecule has 2 rings (SSSR count). The quantitative estimate of drug-likeness (QED) is 0.449. The van der Waals surface area contributed by atoms with Crippen LogP contribution in [0.1, 0.15) is 20.8 Å². The number of ether oxygens (including phenoxy) is 3. The van der Waals surface area contributed by atoms with Crippen molar-refractivity contribution in [3.8, 4) is 5.88 Å². The van der Waals surface area contributed by atoms with Crippen molar-refractivity contribution >= 4 is 28.6 Å². The molecule has 2 heterocycles. The van der Waals surface area contributed by atoms with E-state index >= 15 is 0 Å². The SMILES string of the molecule is COc1nc(Cl)nc2cn(CCOCC(=O)OC(C)(C)C)nc12. The first-order chi connectivity index (χ1) is 10.8. The Hall–Kier alpha value is -1.93. The van der Waals surface area contributed by atoms with Crippen molar-refractivity contribution in [2.75, 3.05) is 20.3 Å². The van der Waals surface area contributed by atoms with E-state index in [1.54, 1.807) is 31.6 Å². The van der Waals surface area contributed by atoms with Crippen LogP contribution in [0.2, 0.25) is 5.28 Å². The number of carbonyl (C=O) groups excluding carboxylic acids is 1. The number of nitrogens with zero attached hydrogens (tertiary/aromatic N) is 4. The lowest BCUT2D eigenvalue weighted by molar-refractivity contribution is -0.160. The van der Waals surface area contributed by atoms with Gasteiger partial charge in [-0.3, -0.25) is 4.68 Å². The van der Waals surface area contributed by atoms with Gasteiger partial charge in [0.25, 0.3) is 0 Å². The fourth-order valence-corrected chi connectivity index (χ4v) is 2.02. The maximum Gasteiger partial charge on any atom is 0.332 e. The molecule has 0 N–H and O–H groups in total. The molecule has 2 aromatic rings. The highest BCUT2D eigenvalue weighted by Gasteiger charge is 2.16. The molecule has 0 bridgehead atoms. The molecule has 0 aliphatic heterocycles. The third kappa shape index (κ3) is 5.04. The van der Waals surface area contributed by atoms with Crippen molar-refractivity contribution in [1.82, 2.24) is 19.7 Å². The molecule has 9 heteroatoms. The lowest BCUT2D eigenvalue weighted by Gasteiger charge is -2.19. The van der Waals surface area contributed by atoms with E-state index in [0.29, 0.717) is 30.1 Å². The summed E-state index contributed by atoms with van der Waals surface area (Å²) in [6.45, 7) is 6.06. The summed E-state index contributed by atoms with van der Waals surface area (Å²) in [5.74, 6) is -0.0872. The number of methoxy groups -OCH3 is 1. The number of hydrogen-bond donors (Lipinski definition) is 0. The normalized spacial score (nSPS) is 11.7. The molecule has 0 atom stereocenters. The molecular formula is C14H19ClN4O4. The average molecular weight is 343 g/mol. The predicted octanol–water partition coefficient (Wildman–Crippen LogP) is 1.85. The van der Waals surface area contributed by atoms with Gasteiger partial charge in [0.2, 0.25) is 11.2 Å². The molecule has 0 amide bonds. The third-order valence-electron chi connectivity index (χ3n) is 2.65. The first-order valence-corrected chi connectivity index (χ1v) is 7.40. The van der Waals surface area contributed by atoms with Gasteiger partial charge < -0.3 is 14.2 Å². The van der Waals surface area contributed by atoms with Crippen LogP contribution in [0.25, 0.3) is 11.0 Å². The standard InChI is InChI=1S/C14H19ClN4O4/c1-14(2,3)23-10(20)8-22-6-5-19-7-9-11(18-19)12(21-4)17-13(15)16-9/h7H,5-6,8H2,1-4H3. The number of fused-ring (bicyclic) bond motifs is 1. The van der Waals surface area contributed by atoms with Crippen LogP contribution >= 0.6 is 11.6 Å². The maximum atomic E-state index is 11.5. The zero-order chi connectivity index (χ0) is 17.0. The number of hydrogen-bond acceptors (Lipinski definition) is 7. The fraction of sp³-hybridized carbons (Fsp3) is 0.571. The molecule has 0 aliphatic rings. The van der Waals surface area contributed by atoms with Gasteiger partial charge in [-0.05, 0) is 32.4 Å². The summed E-state index contributed by atoms with van der Waals surface area (Å²) < 4.78 is 17.2. The van der Waals surface area contributed by atoms with E-state index in [9.17, 15) is 4.79 Å². The highest BCUT2D eigenvalue weighted by molar-refractivity contribution is 6.28. The molecule has 0 unspecified atom stereocenters. The van der Waals surface area contributed by atoms with E-state index in [4.69, 9.17) is 25.8 Å². The monoisotopic (exact) mass is 342 g/mol. The summed E-state index contributed by atoms with van der Waals surface area (Å²) in [4.78, 5) is 19.5. The van der Waals surface area contributed by atoms with Gasteiger partial charge in [0.1, 0.15) is 17.7 Å². The Labute approximate surface area is 138 Å². The van der Waals surface area contributed by atoms with E-state index in [-0.39, 0.29) is 11.9 Å². The van der Waals surface area contributed by atoms with E-state index < -0.39 is 11.6 Å². The number of esters is 1. The van der Waals surface area contributed by atoms with E-state index in [2.05, 4.69) is 15.1 Å². The second-order valence-corrected chi connectivity index (χ2v) is 6.11. The van der Waals surface area contributed by atoms with Crippen molar-refractivity contribution in [3.63, 3.8) is 0 Å². The lowest BCUT2D eigenvalue weighted by atomic mass is 10.2. The largest absolute Gasteiger partial charge is 0.479 e. The minimum atomic E-state index is -0.519. The number of halogens is 1. The van der Waals surface area contributed by atoms with Crippen LogP contribution in [0, 0.1) is 0 Å².